The van der Waals surface area contributed by atoms with E-state index in [2.05, 4.69) is 22.9 Å². The number of rotatable bonds is 4. The zero-order valence-electron chi connectivity index (χ0n) is 8.42. The first-order chi connectivity index (χ1) is 6.65. The Bertz CT molecular complexity index is 311. The second-order valence-electron chi connectivity index (χ2n) is 3.10. The van der Waals surface area contributed by atoms with Crippen molar-refractivity contribution in [2.45, 2.75) is 26.7 Å². The number of anilines is 1. The second kappa shape index (κ2) is 5.51. The monoisotopic (exact) mass is 275 g/mol. The number of hydrogen-bond donors (Lipinski definition) is 0. The Morgan fingerprint density at radius 3 is 2.71 bits per heavy atom. The van der Waals surface area contributed by atoms with Gasteiger partial charge in [-0.2, -0.15) is 0 Å². The van der Waals surface area contributed by atoms with Gasteiger partial charge in [0.2, 0.25) is 5.91 Å². The van der Waals surface area contributed by atoms with Gasteiger partial charge in [0.1, 0.15) is 0 Å². The predicted octanol–water partition coefficient (Wildman–Crippen LogP) is 3.66. The number of nitrogens with zero attached hydrogens (tertiary/aromatic N) is 1. The van der Waals surface area contributed by atoms with Crippen molar-refractivity contribution in [3.8, 4) is 0 Å². The number of thiophene rings is 1. The third-order valence-corrected chi connectivity index (χ3v) is 3.59. The summed E-state index contributed by atoms with van der Waals surface area (Å²) in [5.74, 6) is 0.118. The summed E-state index contributed by atoms with van der Waals surface area (Å²) in [4.78, 5) is 13.2. The Morgan fingerprint density at radius 1 is 1.57 bits per heavy atom. The fourth-order valence-electron chi connectivity index (χ4n) is 1.19. The van der Waals surface area contributed by atoms with Crippen LogP contribution in [0.3, 0.4) is 0 Å². The first kappa shape index (κ1) is 11.7. The maximum Gasteiger partial charge on any atom is 0.224 e. The van der Waals surface area contributed by atoms with Crippen LogP contribution in [0.1, 0.15) is 26.7 Å². The molecule has 0 fully saturated rings. The average molecular weight is 276 g/mol. The molecule has 4 heteroatoms. The van der Waals surface area contributed by atoms with E-state index in [1.165, 1.54) is 0 Å². The van der Waals surface area contributed by atoms with E-state index in [0.29, 0.717) is 0 Å². The SMILES string of the molecule is CCCCN(C(C)=O)c1ccc(Br)s1. The maximum absolute atomic E-state index is 11.4. The van der Waals surface area contributed by atoms with Gasteiger partial charge in [-0.3, -0.25) is 4.79 Å². The van der Waals surface area contributed by atoms with Crippen LogP contribution in [-0.4, -0.2) is 12.5 Å². The normalized spacial score (nSPS) is 10.2. The molecule has 78 valence electrons. The Hall–Kier alpha value is -0.350. The molecule has 0 aliphatic heterocycles. The van der Waals surface area contributed by atoms with Crippen molar-refractivity contribution in [3.63, 3.8) is 0 Å². The van der Waals surface area contributed by atoms with Gasteiger partial charge >= 0.3 is 0 Å². The fourth-order valence-corrected chi connectivity index (χ4v) is 2.62. The Labute approximate surface area is 97.1 Å². The summed E-state index contributed by atoms with van der Waals surface area (Å²) < 4.78 is 1.07. The van der Waals surface area contributed by atoms with Crippen LogP contribution >= 0.6 is 27.3 Å². The van der Waals surface area contributed by atoms with Crippen molar-refractivity contribution < 1.29 is 4.79 Å². The molecule has 1 amide bonds. The fraction of sp³-hybridized carbons (Fsp3) is 0.500. The lowest BCUT2D eigenvalue weighted by Crippen LogP contribution is -2.28. The molecular formula is C10H14BrNOS. The van der Waals surface area contributed by atoms with E-state index in [1.807, 2.05) is 17.0 Å². The van der Waals surface area contributed by atoms with Crippen LogP contribution in [0, 0.1) is 0 Å². The van der Waals surface area contributed by atoms with E-state index in [1.54, 1.807) is 18.3 Å². The van der Waals surface area contributed by atoms with Crippen LogP contribution < -0.4 is 4.90 Å². The number of carbonyl (C=O) groups excluding carboxylic acids is 1. The van der Waals surface area contributed by atoms with Crippen molar-refractivity contribution in [2.75, 3.05) is 11.4 Å². The summed E-state index contributed by atoms with van der Waals surface area (Å²) in [6.07, 6.45) is 2.16. The highest BCUT2D eigenvalue weighted by Crippen LogP contribution is 2.30. The van der Waals surface area contributed by atoms with Crippen molar-refractivity contribution in [1.82, 2.24) is 0 Å². The summed E-state index contributed by atoms with van der Waals surface area (Å²) in [6.45, 7) is 4.56. The lowest BCUT2D eigenvalue weighted by molar-refractivity contribution is -0.116. The molecule has 0 aliphatic carbocycles. The molecular weight excluding hydrogens is 262 g/mol. The number of hydrogen-bond acceptors (Lipinski definition) is 2. The highest BCUT2D eigenvalue weighted by Gasteiger charge is 2.12. The molecule has 0 radical (unpaired) electrons. The van der Waals surface area contributed by atoms with Crippen molar-refractivity contribution in [1.29, 1.82) is 0 Å². The number of halogens is 1. The van der Waals surface area contributed by atoms with Gasteiger partial charge in [-0.15, -0.1) is 11.3 Å². The standard InChI is InChI=1S/C10H14BrNOS/c1-3-4-7-12(8(2)13)10-6-5-9(11)14-10/h5-6H,3-4,7H2,1-2H3. The Kier molecular flexibility index (Phi) is 4.62. The second-order valence-corrected chi connectivity index (χ2v) is 5.54. The molecule has 14 heavy (non-hydrogen) atoms. The molecule has 0 saturated heterocycles. The van der Waals surface area contributed by atoms with Gasteiger partial charge in [-0.25, -0.2) is 0 Å². The molecule has 2 nitrogen and oxygen atoms in total. The first-order valence-corrected chi connectivity index (χ1v) is 6.29. The summed E-state index contributed by atoms with van der Waals surface area (Å²) in [6, 6.07) is 3.95. The lowest BCUT2D eigenvalue weighted by Gasteiger charge is -2.18. The largest absolute Gasteiger partial charge is 0.304 e. The average Bonchev–Trinajstić information content (AvgIpc) is 2.52. The summed E-state index contributed by atoms with van der Waals surface area (Å²) in [7, 11) is 0. The van der Waals surface area contributed by atoms with Crippen molar-refractivity contribution in [2.24, 2.45) is 0 Å². The van der Waals surface area contributed by atoms with Crippen molar-refractivity contribution in [3.05, 3.63) is 15.9 Å². The van der Waals surface area contributed by atoms with E-state index in [4.69, 9.17) is 0 Å². The summed E-state index contributed by atoms with van der Waals surface area (Å²) >= 11 is 4.99. The van der Waals surface area contributed by atoms with Crippen LogP contribution in [0.25, 0.3) is 0 Å². The Balaban J connectivity index is 2.72. The van der Waals surface area contributed by atoms with Gasteiger partial charge in [-0.1, -0.05) is 13.3 Å². The molecule has 1 heterocycles. The van der Waals surface area contributed by atoms with Crippen LogP contribution in [0.2, 0.25) is 0 Å². The third kappa shape index (κ3) is 3.10. The van der Waals surface area contributed by atoms with E-state index in [9.17, 15) is 4.79 Å². The quantitative estimate of drug-likeness (QED) is 0.821. The minimum atomic E-state index is 0.118. The topological polar surface area (TPSA) is 20.3 Å². The smallest absolute Gasteiger partial charge is 0.224 e. The van der Waals surface area contributed by atoms with Gasteiger partial charge in [0, 0.05) is 13.5 Å². The summed E-state index contributed by atoms with van der Waals surface area (Å²) in [5.41, 5.74) is 0. The van der Waals surface area contributed by atoms with Crippen LogP contribution in [0.15, 0.2) is 15.9 Å². The molecule has 0 saturated carbocycles. The number of amides is 1. The minimum Gasteiger partial charge on any atom is -0.304 e. The molecule has 0 aromatic carbocycles. The Morgan fingerprint density at radius 2 is 2.29 bits per heavy atom. The predicted molar refractivity (Wildman–Crippen MR) is 65.0 cm³/mol. The van der Waals surface area contributed by atoms with Gasteiger partial charge in [0.05, 0.1) is 8.79 Å². The molecule has 0 N–H and O–H groups in total. The van der Waals surface area contributed by atoms with Gasteiger partial charge in [0.15, 0.2) is 0 Å². The van der Waals surface area contributed by atoms with Crippen LogP contribution in [0.4, 0.5) is 5.00 Å². The van der Waals surface area contributed by atoms with Gasteiger partial charge in [-0.05, 0) is 34.5 Å². The zero-order chi connectivity index (χ0) is 10.6. The number of unbranched alkanes of at least 4 members (excludes halogenated alkanes) is 1. The molecule has 1 rings (SSSR count). The van der Waals surface area contributed by atoms with E-state index in [0.717, 1.165) is 28.2 Å². The first-order valence-electron chi connectivity index (χ1n) is 4.68. The highest BCUT2D eigenvalue weighted by molar-refractivity contribution is 9.11. The number of carbonyl (C=O) groups is 1. The van der Waals surface area contributed by atoms with Crippen molar-refractivity contribution >= 4 is 38.2 Å². The van der Waals surface area contributed by atoms with Crippen LogP contribution in [-0.2, 0) is 4.79 Å². The maximum atomic E-state index is 11.4. The van der Waals surface area contributed by atoms with Gasteiger partial charge in [0.25, 0.3) is 0 Å². The van der Waals surface area contributed by atoms with E-state index < -0.39 is 0 Å². The zero-order valence-corrected chi connectivity index (χ0v) is 10.8. The highest BCUT2D eigenvalue weighted by atomic mass is 79.9. The van der Waals surface area contributed by atoms with Gasteiger partial charge < -0.3 is 4.90 Å². The van der Waals surface area contributed by atoms with E-state index >= 15 is 0 Å². The minimum absolute atomic E-state index is 0.118. The molecule has 0 atom stereocenters. The molecule has 1 aromatic rings. The molecule has 0 spiro atoms. The molecule has 0 unspecified atom stereocenters. The molecule has 0 bridgehead atoms. The third-order valence-electron chi connectivity index (χ3n) is 1.94. The molecule has 0 aliphatic rings. The lowest BCUT2D eigenvalue weighted by atomic mass is 10.3. The van der Waals surface area contributed by atoms with Crippen LogP contribution in [0.5, 0.6) is 0 Å². The molecule has 1 aromatic heterocycles. The summed E-state index contributed by atoms with van der Waals surface area (Å²) in [5, 5.41) is 1.03. The van der Waals surface area contributed by atoms with E-state index in [-0.39, 0.29) is 5.91 Å².